The summed E-state index contributed by atoms with van der Waals surface area (Å²) in [5.41, 5.74) is 5.30. The Morgan fingerprint density at radius 2 is 1.80 bits per heavy atom. The molecule has 0 spiro atoms. The second kappa shape index (κ2) is 7.28. The van der Waals surface area contributed by atoms with E-state index < -0.39 is 0 Å². The lowest BCUT2D eigenvalue weighted by Crippen LogP contribution is -2.22. The van der Waals surface area contributed by atoms with Gasteiger partial charge >= 0.3 is 0 Å². The number of para-hydroxylation sites is 1. The molecule has 0 radical (unpaired) electrons. The number of nitrogens with one attached hydrogen (secondary N) is 1. The second-order valence-corrected chi connectivity index (χ2v) is 7.73. The summed E-state index contributed by atoms with van der Waals surface area (Å²) in [6.07, 6.45) is 0. The number of carbonyl (C=O) groups is 1. The normalized spacial score (nSPS) is 12.2. The monoisotopic (exact) mass is 350 g/mol. The standard InChI is InChI=1S/C21H22N2OS/c1-13-7-5-9-17(11-13)22-21(24)16(4)25-19-12-15(3)18-10-6-8-14(2)20(18)23-19/h5-12,16H,1-4H3,(H,22,24)/t16-/m0/s1. The molecule has 1 atom stereocenters. The van der Waals surface area contributed by atoms with E-state index in [-0.39, 0.29) is 11.2 Å². The van der Waals surface area contributed by atoms with Gasteiger partial charge in [-0.25, -0.2) is 4.98 Å². The number of amides is 1. The lowest BCUT2D eigenvalue weighted by atomic mass is 10.1. The van der Waals surface area contributed by atoms with Crippen LogP contribution in [-0.2, 0) is 4.79 Å². The van der Waals surface area contributed by atoms with E-state index in [1.165, 1.54) is 22.7 Å². The van der Waals surface area contributed by atoms with Gasteiger partial charge in [0.1, 0.15) is 0 Å². The predicted octanol–water partition coefficient (Wildman–Crippen LogP) is 5.28. The molecule has 1 aromatic heterocycles. The average Bonchev–Trinajstić information content (AvgIpc) is 2.56. The minimum atomic E-state index is -0.228. The molecule has 1 heterocycles. The first-order valence-corrected chi connectivity index (χ1v) is 9.23. The van der Waals surface area contributed by atoms with E-state index >= 15 is 0 Å². The fourth-order valence-corrected chi connectivity index (χ4v) is 3.71. The Hall–Kier alpha value is -2.33. The zero-order valence-corrected chi connectivity index (χ0v) is 15.8. The number of nitrogens with zero attached hydrogens (tertiary/aromatic N) is 1. The Labute approximate surface area is 152 Å². The van der Waals surface area contributed by atoms with Crippen LogP contribution in [0.4, 0.5) is 5.69 Å². The minimum absolute atomic E-state index is 0.0140. The molecule has 3 aromatic rings. The summed E-state index contributed by atoms with van der Waals surface area (Å²) in [5.74, 6) is -0.0140. The summed E-state index contributed by atoms with van der Waals surface area (Å²) >= 11 is 1.49. The van der Waals surface area contributed by atoms with Crippen molar-refractivity contribution >= 4 is 34.3 Å². The molecular formula is C21H22N2OS. The molecule has 1 amide bonds. The molecule has 0 aliphatic rings. The Bertz CT molecular complexity index is 936. The maximum absolute atomic E-state index is 12.5. The first-order chi connectivity index (χ1) is 11.9. The van der Waals surface area contributed by atoms with Crippen LogP contribution < -0.4 is 5.32 Å². The molecule has 3 nitrogen and oxygen atoms in total. The van der Waals surface area contributed by atoms with Gasteiger partial charge in [0.2, 0.25) is 5.91 Å². The van der Waals surface area contributed by atoms with E-state index in [1.54, 1.807) is 0 Å². The quantitative estimate of drug-likeness (QED) is 0.651. The number of carbonyl (C=O) groups excluding carboxylic acids is 1. The Morgan fingerprint density at radius 3 is 2.56 bits per heavy atom. The lowest BCUT2D eigenvalue weighted by molar-refractivity contribution is -0.115. The fraction of sp³-hybridized carbons (Fsp3) is 0.238. The average molecular weight is 350 g/mol. The van der Waals surface area contributed by atoms with E-state index in [2.05, 4.69) is 43.4 Å². The second-order valence-electron chi connectivity index (χ2n) is 6.37. The molecule has 4 heteroatoms. The summed E-state index contributed by atoms with van der Waals surface area (Å²) in [6.45, 7) is 8.08. The Balaban J connectivity index is 1.78. The maximum atomic E-state index is 12.5. The summed E-state index contributed by atoms with van der Waals surface area (Å²) in [4.78, 5) is 17.2. The highest BCUT2D eigenvalue weighted by Gasteiger charge is 2.16. The molecule has 0 unspecified atom stereocenters. The van der Waals surface area contributed by atoms with E-state index in [0.29, 0.717) is 0 Å². The van der Waals surface area contributed by atoms with Crippen LogP contribution in [0.15, 0.2) is 53.6 Å². The van der Waals surface area contributed by atoms with Crippen LogP contribution in [0.3, 0.4) is 0 Å². The topological polar surface area (TPSA) is 42.0 Å². The number of benzene rings is 2. The van der Waals surface area contributed by atoms with Crippen molar-refractivity contribution in [1.29, 1.82) is 0 Å². The first-order valence-electron chi connectivity index (χ1n) is 8.35. The molecule has 2 aromatic carbocycles. The van der Waals surface area contributed by atoms with Crippen molar-refractivity contribution in [2.45, 2.75) is 38.0 Å². The van der Waals surface area contributed by atoms with E-state index in [0.717, 1.165) is 27.4 Å². The van der Waals surface area contributed by atoms with Crippen LogP contribution in [0.25, 0.3) is 10.9 Å². The summed E-state index contributed by atoms with van der Waals surface area (Å²) < 4.78 is 0. The summed E-state index contributed by atoms with van der Waals surface area (Å²) in [7, 11) is 0. The van der Waals surface area contributed by atoms with Gasteiger partial charge in [-0.3, -0.25) is 4.79 Å². The zero-order valence-electron chi connectivity index (χ0n) is 15.0. The third kappa shape index (κ3) is 4.02. The van der Waals surface area contributed by atoms with Gasteiger partial charge < -0.3 is 5.32 Å². The molecule has 3 rings (SSSR count). The van der Waals surface area contributed by atoms with Gasteiger partial charge in [0.05, 0.1) is 15.8 Å². The predicted molar refractivity (Wildman–Crippen MR) is 106 cm³/mol. The van der Waals surface area contributed by atoms with Gasteiger partial charge in [-0.1, -0.05) is 42.1 Å². The third-order valence-electron chi connectivity index (χ3n) is 4.18. The minimum Gasteiger partial charge on any atom is -0.325 e. The number of aromatic nitrogens is 1. The Kier molecular flexibility index (Phi) is 5.09. The maximum Gasteiger partial charge on any atom is 0.237 e. The highest BCUT2D eigenvalue weighted by atomic mass is 32.2. The van der Waals surface area contributed by atoms with Crippen LogP contribution in [0.5, 0.6) is 0 Å². The van der Waals surface area contributed by atoms with Gasteiger partial charge in [-0.15, -0.1) is 0 Å². The highest BCUT2D eigenvalue weighted by molar-refractivity contribution is 8.00. The van der Waals surface area contributed by atoms with Gasteiger partial charge in [0.25, 0.3) is 0 Å². The van der Waals surface area contributed by atoms with Crippen molar-refractivity contribution in [1.82, 2.24) is 4.98 Å². The van der Waals surface area contributed by atoms with Crippen molar-refractivity contribution in [3.8, 4) is 0 Å². The fourth-order valence-electron chi connectivity index (χ4n) is 2.79. The number of rotatable bonds is 4. The zero-order chi connectivity index (χ0) is 18.0. The molecule has 0 aliphatic heterocycles. The SMILES string of the molecule is Cc1cccc(NC(=O)[C@H](C)Sc2cc(C)c3cccc(C)c3n2)c1. The van der Waals surface area contributed by atoms with Crippen LogP contribution in [0.1, 0.15) is 23.6 Å². The molecule has 1 N–H and O–H groups in total. The third-order valence-corrected chi connectivity index (χ3v) is 5.20. The molecule has 25 heavy (non-hydrogen) atoms. The van der Waals surface area contributed by atoms with Gasteiger partial charge in [0, 0.05) is 11.1 Å². The number of fused-ring (bicyclic) bond motifs is 1. The van der Waals surface area contributed by atoms with Crippen LogP contribution >= 0.6 is 11.8 Å². The van der Waals surface area contributed by atoms with Crippen LogP contribution in [0.2, 0.25) is 0 Å². The molecule has 128 valence electrons. The number of pyridine rings is 1. The van der Waals surface area contributed by atoms with Gasteiger partial charge in [0.15, 0.2) is 0 Å². The summed E-state index contributed by atoms with van der Waals surface area (Å²) in [6, 6.07) is 16.1. The number of aryl methyl sites for hydroxylation is 3. The van der Waals surface area contributed by atoms with Crippen molar-refractivity contribution in [2.24, 2.45) is 0 Å². The molecule has 0 saturated heterocycles. The smallest absolute Gasteiger partial charge is 0.237 e. The Morgan fingerprint density at radius 1 is 1.04 bits per heavy atom. The number of hydrogen-bond acceptors (Lipinski definition) is 3. The number of thioether (sulfide) groups is 1. The molecule has 0 fully saturated rings. The highest BCUT2D eigenvalue weighted by Crippen LogP contribution is 2.28. The van der Waals surface area contributed by atoms with E-state index in [4.69, 9.17) is 4.98 Å². The van der Waals surface area contributed by atoms with Crippen LogP contribution in [0, 0.1) is 20.8 Å². The first kappa shape index (κ1) is 17.5. The van der Waals surface area contributed by atoms with Crippen molar-refractivity contribution in [3.63, 3.8) is 0 Å². The molecule has 0 aliphatic carbocycles. The number of hydrogen-bond donors (Lipinski definition) is 1. The van der Waals surface area contributed by atoms with Gasteiger partial charge in [-0.2, -0.15) is 0 Å². The molecule has 0 bridgehead atoms. The lowest BCUT2D eigenvalue weighted by Gasteiger charge is -2.13. The summed E-state index contributed by atoms with van der Waals surface area (Å²) in [5, 5.41) is 4.80. The van der Waals surface area contributed by atoms with E-state index in [1.807, 2.05) is 38.1 Å². The van der Waals surface area contributed by atoms with E-state index in [9.17, 15) is 4.79 Å². The van der Waals surface area contributed by atoms with Crippen molar-refractivity contribution in [2.75, 3.05) is 5.32 Å². The molecule has 0 saturated carbocycles. The van der Waals surface area contributed by atoms with Crippen molar-refractivity contribution < 1.29 is 4.79 Å². The number of anilines is 1. The van der Waals surface area contributed by atoms with Gasteiger partial charge in [-0.05, 0) is 62.6 Å². The van der Waals surface area contributed by atoms with Crippen LogP contribution in [-0.4, -0.2) is 16.1 Å². The molecular weight excluding hydrogens is 328 g/mol. The largest absolute Gasteiger partial charge is 0.325 e. The van der Waals surface area contributed by atoms with Crippen molar-refractivity contribution in [3.05, 3.63) is 65.2 Å².